The number of hydrogen-bond donors (Lipinski definition) is 1. The van der Waals surface area contributed by atoms with E-state index in [4.69, 9.17) is 0 Å². The minimum atomic E-state index is -0.397. The van der Waals surface area contributed by atoms with Crippen molar-refractivity contribution in [3.8, 4) is 6.07 Å². The minimum absolute atomic E-state index is 0.397. The van der Waals surface area contributed by atoms with Crippen molar-refractivity contribution in [2.45, 2.75) is 45.2 Å². The number of rotatable bonds is 6. The lowest BCUT2D eigenvalue weighted by Gasteiger charge is -2.23. The first-order valence-corrected chi connectivity index (χ1v) is 5.90. The molecule has 1 rings (SSSR count). The Morgan fingerprint density at radius 3 is 2.56 bits per heavy atom. The summed E-state index contributed by atoms with van der Waals surface area (Å²) in [4.78, 5) is 0. The lowest BCUT2D eigenvalue weighted by atomic mass is 9.96. The number of hydrogen-bond acceptors (Lipinski definition) is 2. The molecule has 0 fully saturated rings. The van der Waals surface area contributed by atoms with E-state index in [1.54, 1.807) is 0 Å². The molecular weight excluding hydrogens is 196 g/mol. The molecule has 86 valence electrons. The summed E-state index contributed by atoms with van der Waals surface area (Å²) in [5, 5.41) is 12.5. The van der Waals surface area contributed by atoms with Crippen LogP contribution >= 0.6 is 0 Å². The van der Waals surface area contributed by atoms with Gasteiger partial charge in [-0.1, -0.05) is 50.1 Å². The molecule has 2 nitrogen and oxygen atoms in total. The summed E-state index contributed by atoms with van der Waals surface area (Å²) in [6, 6.07) is 12.6. The summed E-state index contributed by atoms with van der Waals surface area (Å²) in [7, 11) is 0. The van der Waals surface area contributed by atoms with Crippen molar-refractivity contribution in [3.63, 3.8) is 0 Å². The number of benzene rings is 1. The molecular formula is C14H20N2. The van der Waals surface area contributed by atoms with Crippen molar-refractivity contribution in [2.75, 3.05) is 0 Å². The summed E-state index contributed by atoms with van der Waals surface area (Å²) in [5.74, 6) is 0. The van der Waals surface area contributed by atoms with Crippen molar-refractivity contribution in [1.29, 1.82) is 5.26 Å². The molecule has 0 aliphatic rings. The topological polar surface area (TPSA) is 35.8 Å². The molecule has 1 aromatic carbocycles. The van der Waals surface area contributed by atoms with Crippen LogP contribution in [0.25, 0.3) is 0 Å². The number of nitrogens with zero attached hydrogens (tertiary/aromatic N) is 1. The Kier molecular flexibility index (Phi) is 5.01. The summed E-state index contributed by atoms with van der Waals surface area (Å²) in [5.41, 5.74) is 0.826. The molecule has 0 saturated carbocycles. The van der Waals surface area contributed by atoms with Gasteiger partial charge in [-0.15, -0.1) is 0 Å². The zero-order chi connectivity index (χ0) is 11.9. The van der Waals surface area contributed by atoms with Crippen LogP contribution < -0.4 is 5.32 Å². The molecule has 16 heavy (non-hydrogen) atoms. The molecule has 0 bridgehead atoms. The van der Waals surface area contributed by atoms with E-state index in [1.165, 1.54) is 5.56 Å². The number of unbranched alkanes of at least 4 members (excludes halogenated alkanes) is 1. The molecule has 0 amide bonds. The minimum Gasteiger partial charge on any atom is -0.296 e. The third-order valence-electron chi connectivity index (χ3n) is 2.80. The molecule has 1 N–H and O–H groups in total. The molecule has 0 aromatic heterocycles. The van der Waals surface area contributed by atoms with Gasteiger partial charge in [0, 0.05) is 6.54 Å². The van der Waals surface area contributed by atoms with Gasteiger partial charge in [0.2, 0.25) is 0 Å². The SMILES string of the molecule is CCCCC(C)(C#N)NCc1ccccc1. The van der Waals surface area contributed by atoms with Crippen molar-refractivity contribution in [3.05, 3.63) is 35.9 Å². The fourth-order valence-corrected chi connectivity index (χ4v) is 1.61. The second kappa shape index (κ2) is 6.30. The molecule has 0 spiro atoms. The Morgan fingerprint density at radius 1 is 1.31 bits per heavy atom. The van der Waals surface area contributed by atoms with Crippen molar-refractivity contribution in [1.82, 2.24) is 5.32 Å². The van der Waals surface area contributed by atoms with Crippen molar-refractivity contribution >= 4 is 0 Å². The Bertz CT molecular complexity index is 340. The zero-order valence-electron chi connectivity index (χ0n) is 10.2. The van der Waals surface area contributed by atoms with Crippen LogP contribution in [0.1, 0.15) is 38.7 Å². The van der Waals surface area contributed by atoms with E-state index < -0.39 is 5.54 Å². The third-order valence-corrected chi connectivity index (χ3v) is 2.80. The Labute approximate surface area is 98.3 Å². The normalized spacial score (nSPS) is 14.1. The van der Waals surface area contributed by atoms with Gasteiger partial charge in [0.05, 0.1) is 6.07 Å². The Balaban J connectivity index is 2.49. The number of nitriles is 1. The molecule has 1 aromatic rings. The molecule has 0 aliphatic carbocycles. The molecule has 2 heteroatoms. The van der Waals surface area contributed by atoms with E-state index in [9.17, 15) is 5.26 Å². The maximum absolute atomic E-state index is 9.18. The van der Waals surface area contributed by atoms with Crippen LogP contribution in [0.5, 0.6) is 0 Å². The van der Waals surface area contributed by atoms with E-state index in [1.807, 2.05) is 25.1 Å². The summed E-state index contributed by atoms with van der Waals surface area (Å²) in [6.45, 7) is 4.88. The monoisotopic (exact) mass is 216 g/mol. The highest BCUT2D eigenvalue weighted by molar-refractivity contribution is 5.15. The predicted molar refractivity (Wildman–Crippen MR) is 66.8 cm³/mol. The predicted octanol–water partition coefficient (Wildman–Crippen LogP) is 3.25. The second-order valence-electron chi connectivity index (χ2n) is 4.39. The Morgan fingerprint density at radius 2 is 2.00 bits per heavy atom. The van der Waals surface area contributed by atoms with Gasteiger partial charge in [0.25, 0.3) is 0 Å². The van der Waals surface area contributed by atoms with Gasteiger partial charge in [0.15, 0.2) is 0 Å². The maximum Gasteiger partial charge on any atom is 0.104 e. The van der Waals surface area contributed by atoms with Gasteiger partial charge in [-0.25, -0.2) is 0 Å². The number of nitrogens with one attached hydrogen (secondary N) is 1. The first-order valence-electron chi connectivity index (χ1n) is 5.90. The molecule has 1 atom stereocenters. The Hall–Kier alpha value is -1.33. The van der Waals surface area contributed by atoms with E-state index >= 15 is 0 Å². The van der Waals surface area contributed by atoms with Crippen LogP contribution in [0.15, 0.2) is 30.3 Å². The first-order chi connectivity index (χ1) is 7.70. The molecule has 0 radical (unpaired) electrons. The smallest absolute Gasteiger partial charge is 0.104 e. The highest BCUT2D eigenvalue weighted by Crippen LogP contribution is 2.13. The van der Waals surface area contributed by atoms with Gasteiger partial charge in [-0.05, 0) is 18.9 Å². The van der Waals surface area contributed by atoms with E-state index in [0.717, 1.165) is 25.8 Å². The van der Waals surface area contributed by atoms with Crippen molar-refractivity contribution in [2.24, 2.45) is 0 Å². The maximum atomic E-state index is 9.18. The van der Waals surface area contributed by atoms with Crippen LogP contribution in [0, 0.1) is 11.3 Å². The summed E-state index contributed by atoms with van der Waals surface area (Å²) >= 11 is 0. The van der Waals surface area contributed by atoms with Crippen LogP contribution in [0.4, 0.5) is 0 Å². The summed E-state index contributed by atoms with van der Waals surface area (Å²) in [6.07, 6.45) is 3.13. The van der Waals surface area contributed by atoms with Crippen LogP contribution in [0.2, 0.25) is 0 Å². The van der Waals surface area contributed by atoms with Crippen LogP contribution in [-0.2, 0) is 6.54 Å². The molecule has 0 heterocycles. The average molecular weight is 216 g/mol. The van der Waals surface area contributed by atoms with Gasteiger partial charge in [-0.2, -0.15) is 5.26 Å². The average Bonchev–Trinajstić information content (AvgIpc) is 2.35. The van der Waals surface area contributed by atoms with Crippen LogP contribution in [0.3, 0.4) is 0 Å². The first kappa shape index (κ1) is 12.7. The van der Waals surface area contributed by atoms with Gasteiger partial charge in [0.1, 0.15) is 5.54 Å². The molecule has 0 saturated heterocycles. The largest absolute Gasteiger partial charge is 0.296 e. The highest BCUT2D eigenvalue weighted by atomic mass is 15.0. The van der Waals surface area contributed by atoms with E-state index in [0.29, 0.717) is 0 Å². The van der Waals surface area contributed by atoms with E-state index in [-0.39, 0.29) is 0 Å². The highest BCUT2D eigenvalue weighted by Gasteiger charge is 2.21. The standard InChI is InChI=1S/C14H20N2/c1-3-4-10-14(2,12-15)16-11-13-8-6-5-7-9-13/h5-9,16H,3-4,10-11H2,1-2H3. The van der Waals surface area contributed by atoms with E-state index in [2.05, 4.69) is 30.4 Å². The lowest BCUT2D eigenvalue weighted by Crippen LogP contribution is -2.40. The summed E-state index contributed by atoms with van der Waals surface area (Å²) < 4.78 is 0. The van der Waals surface area contributed by atoms with Crippen LogP contribution in [-0.4, -0.2) is 5.54 Å². The lowest BCUT2D eigenvalue weighted by molar-refractivity contribution is 0.403. The molecule has 1 unspecified atom stereocenters. The molecule has 0 aliphatic heterocycles. The third kappa shape index (κ3) is 4.04. The fraction of sp³-hybridized carbons (Fsp3) is 0.500. The zero-order valence-corrected chi connectivity index (χ0v) is 10.2. The van der Waals surface area contributed by atoms with Crippen molar-refractivity contribution < 1.29 is 0 Å². The second-order valence-corrected chi connectivity index (χ2v) is 4.39. The quantitative estimate of drug-likeness (QED) is 0.792. The van der Waals surface area contributed by atoms with Gasteiger partial charge < -0.3 is 0 Å². The van der Waals surface area contributed by atoms with Gasteiger partial charge in [-0.3, -0.25) is 5.32 Å². The van der Waals surface area contributed by atoms with Gasteiger partial charge >= 0.3 is 0 Å². The fourth-order valence-electron chi connectivity index (χ4n) is 1.61.